The van der Waals surface area contributed by atoms with E-state index in [0.717, 1.165) is 0 Å². The fraction of sp³-hybridized carbons (Fsp3) is 0.857. The predicted octanol–water partition coefficient (Wildman–Crippen LogP) is 0.427. The van der Waals surface area contributed by atoms with E-state index in [1.54, 1.807) is 20.8 Å². The zero-order valence-electron chi connectivity index (χ0n) is 14.2. The van der Waals surface area contributed by atoms with Gasteiger partial charge < -0.3 is 15.4 Å². The van der Waals surface area contributed by atoms with Gasteiger partial charge in [0.25, 0.3) is 0 Å². The van der Waals surface area contributed by atoms with E-state index in [2.05, 4.69) is 4.72 Å². The van der Waals surface area contributed by atoms with Gasteiger partial charge in [-0.05, 0) is 46.5 Å². The first-order valence-corrected chi connectivity index (χ1v) is 9.32. The second kappa shape index (κ2) is 7.48. The Morgan fingerprint density at radius 1 is 1.39 bits per heavy atom. The van der Waals surface area contributed by atoms with Crippen LogP contribution in [-0.4, -0.2) is 55.8 Å². The van der Waals surface area contributed by atoms with E-state index in [1.165, 1.54) is 11.8 Å². The van der Waals surface area contributed by atoms with Crippen molar-refractivity contribution in [3.05, 3.63) is 0 Å². The number of nitrogens with one attached hydrogen (secondary N) is 1. The number of rotatable bonds is 5. The number of hydrogen-bond acceptors (Lipinski definition) is 5. The first-order valence-electron chi connectivity index (χ1n) is 7.67. The van der Waals surface area contributed by atoms with Gasteiger partial charge in [0, 0.05) is 13.1 Å². The van der Waals surface area contributed by atoms with Gasteiger partial charge in [0.1, 0.15) is 5.60 Å². The Morgan fingerprint density at radius 3 is 2.52 bits per heavy atom. The van der Waals surface area contributed by atoms with E-state index >= 15 is 0 Å². The van der Waals surface area contributed by atoms with E-state index in [0.29, 0.717) is 25.9 Å². The van der Waals surface area contributed by atoms with Crippen LogP contribution >= 0.6 is 0 Å². The molecule has 0 aromatic rings. The normalized spacial score (nSPS) is 20.9. The monoisotopic (exact) mass is 349 g/mol. The van der Waals surface area contributed by atoms with Gasteiger partial charge in [-0.25, -0.2) is 17.9 Å². The number of sulfonamides is 1. The van der Waals surface area contributed by atoms with Gasteiger partial charge in [0.15, 0.2) is 0 Å². The van der Waals surface area contributed by atoms with Crippen LogP contribution < -0.4 is 10.5 Å². The topological polar surface area (TPSA) is 119 Å². The number of nitrogens with zero attached hydrogens (tertiary/aromatic N) is 1. The molecule has 2 atom stereocenters. The van der Waals surface area contributed by atoms with Crippen LogP contribution in [0.3, 0.4) is 0 Å². The van der Waals surface area contributed by atoms with Crippen molar-refractivity contribution in [1.29, 1.82) is 0 Å². The van der Waals surface area contributed by atoms with Crippen LogP contribution in [0.15, 0.2) is 0 Å². The molecule has 0 spiro atoms. The summed E-state index contributed by atoms with van der Waals surface area (Å²) < 4.78 is 31.7. The summed E-state index contributed by atoms with van der Waals surface area (Å²) in [7, 11) is -3.64. The third-order valence-corrected chi connectivity index (χ3v) is 5.03. The lowest BCUT2D eigenvalue weighted by atomic mass is 10.0. The van der Waals surface area contributed by atoms with Crippen molar-refractivity contribution >= 4 is 22.0 Å². The van der Waals surface area contributed by atoms with Crippen LogP contribution in [0.2, 0.25) is 0 Å². The number of amides is 2. The minimum atomic E-state index is -3.64. The second-order valence-corrected chi connectivity index (χ2v) is 8.76. The molecule has 1 rings (SSSR count). The third kappa shape index (κ3) is 7.17. The number of primary amides is 1. The fourth-order valence-corrected chi connectivity index (χ4v) is 4.02. The smallest absolute Gasteiger partial charge is 0.410 e. The summed E-state index contributed by atoms with van der Waals surface area (Å²) in [6.45, 7) is 7.62. The summed E-state index contributed by atoms with van der Waals surface area (Å²) in [4.78, 5) is 24.6. The van der Waals surface area contributed by atoms with Gasteiger partial charge in [-0.2, -0.15) is 0 Å². The molecule has 9 heteroatoms. The highest BCUT2D eigenvalue weighted by Gasteiger charge is 2.30. The molecule has 0 aliphatic carbocycles. The van der Waals surface area contributed by atoms with E-state index in [9.17, 15) is 18.0 Å². The fourth-order valence-electron chi connectivity index (χ4n) is 2.38. The molecule has 0 radical (unpaired) electrons. The molecule has 0 saturated carbocycles. The van der Waals surface area contributed by atoms with Gasteiger partial charge in [0.05, 0.1) is 11.8 Å². The number of piperidine rings is 1. The van der Waals surface area contributed by atoms with Crippen LogP contribution in [-0.2, 0) is 19.6 Å². The molecular weight excluding hydrogens is 322 g/mol. The highest BCUT2D eigenvalue weighted by molar-refractivity contribution is 7.89. The van der Waals surface area contributed by atoms with Crippen LogP contribution in [0, 0.1) is 5.92 Å². The van der Waals surface area contributed by atoms with Gasteiger partial charge in [-0.3, -0.25) is 4.79 Å². The Kier molecular flexibility index (Phi) is 6.41. The Bertz CT molecular complexity index is 541. The average molecular weight is 349 g/mol. The lowest BCUT2D eigenvalue weighted by Gasteiger charge is -2.34. The molecule has 2 amide bonds. The van der Waals surface area contributed by atoms with Gasteiger partial charge in [-0.1, -0.05) is 0 Å². The van der Waals surface area contributed by atoms with Crippen LogP contribution in [0.4, 0.5) is 4.79 Å². The summed E-state index contributed by atoms with van der Waals surface area (Å²) in [5.41, 5.74) is 4.47. The molecule has 1 saturated heterocycles. The zero-order valence-corrected chi connectivity index (χ0v) is 15.0. The Morgan fingerprint density at radius 2 is 2.00 bits per heavy atom. The van der Waals surface area contributed by atoms with Crippen molar-refractivity contribution < 1.29 is 22.7 Å². The SMILES string of the molecule is C[C@H](NS(=O)(=O)C[C@H]1CCCN(C(=O)OC(C)(C)C)C1)C(N)=O. The molecule has 1 aliphatic rings. The molecule has 8 nitrogen and oxygen atoms in total. The standard InChI is InChI=1S/C14H27N3O5S/c1-10(12(15)18)16-23(20,21)9-11-6-5-7-17(8-11)13(19)22-14(2,3)4/h10-11,16H,5-9H2,1-4H3,(H2,15,18)/t10-,11-/m0/s1. The highest BCUT2D eigenvalue weighted by Crippen LogP contribution is 2.20. The van der Waals surface area contributed by atoms with E-state index in [4.69, 9.17) is 10.5 Å². The van der Waals surface area contributed by atoms with Crippen molar-refractivity contribution in [3.8, 4) is 0 Å². The summed E-state index contributed by atoms with van der Waals surface area (Å²) in [5, 5.41) is 0. The molecule has 0 bridgehead atoms. The number of hydrogen-bond donors (Lipinski definition) is 2. The maximum absolute atomic E-state index is 12.1. The minimum Gasteiger partial charge on any atom is -0.444 e. The molecule has 0 aromatic carbocycles. The number of nitrogens with two attached hydrogens (primary N) is 1. The van der Waals surface area contributed by atoms with E-state index < -0.39 is 33.7 Å². The average Bonchev–Trinajstić information content (AvgIpc) is 2.35. The maximum atomic E-state index is 12.1. The number of likely N-dealkylation sites (tertiary alicyclic amines) is 1. The molecule has 1 heterocycles. The number of ether oxygens (including phenoxy) is 1. The Hall–Kier alpha value is -1.35. The lowest BCUT2D eigenvalue weighted by Crippen LogP contribution is -2.47. The van der Waals surface area contributed by atoms with Gasteiger partial charge >= 0.3 is 6.09 Å². The number of carbonyl (C=O) groups is 2. The molecule has 1 fully saturated rings. The molecule has 0 unspecified atom stereocenters. The van der Waals surface area contributed by atoms with Crippen molar-refractivity contribution in [2.75, 3.05) is 18.8 Å². The van der Waals surface area contributed by atoms with Gasteiger partial charge in [-0.15, -0.1) is 0 Å². The largest absolute Gasteiger partial charge is 0.444 e. The lowest BCUT2D eigenvalue weighted by molar-refractivity contribution is -0.119. The van der Waals surface area contributed by atoms with Gasteiger partial charge in [0.2, 0.25) is 15.9 Å². The first kappa shape index (κ1) is 19.7. The zero-order chi connectivity index (χ0) is 17.8. The Balaban J connectivity index is 2.61. The molecule has 1 aliphatic heterocycles. The summed E-state index contributed by atoms with van der Waals surface area (Å²) in [6, 6.07) is -0.953. The van der Waals surface area contributed by atoms with Crippen LogP contribution in [0.25, 0.3) is 0 Å². The van der Waals surface area contributed by atoms with E-state index in [-0.39, 0.29) is 11.7 Å². The van der Waals surface area contributed by atoms with Crippen LogP contribution in [0.1, 0.15) is 40.5 Å². The summed E-state index contributed by atoms with van der Waals surface area (Å²) in [6.07, 6.45) is 0.980. The maximum Gasteiger partial charge on any atom is 0.410 e. The third-order valence-electron chi connectivity index (χ3n) is 3.41. The molecular formula is C14H27N3O5S. The summed E-state index contributed by atoms with van der Waals surface area (Å²) >= 11 is 0. The molecule has 134 valence electrons. The van der Waals surface area contributed by atoms with Crippen molar-refractivity contribution in [2.45, 2.75) is 52.2 Å². The van der Waals surface area contributed by atoms with Crippen molar-refractivity contribution in [1.82, 2.24) is 9.62 Å². The molecule has 0 aromatic heterocycles. The second-order valence-electron chi connectivity index (χ2n) is 6.96. The quantitative estimate of drug-likeness (QED) is 0.746. The minimum absolute atomic E-state index is 0.149. The van der Waals surface area contributed by atoms with Crippen molar-refractivity contribution in [3.63, 3.8) is 0 Å². The molecule has 3 N–H and O–H groups in total. The van der Waals surface area contributed by atoms with E-state index in [1.807, 2.05) is 0 Å². The summed E-state index contributed by atoms with van der Waals surface area (Å²) in [5.74, 6) is -1.08. The van der Waals surface area contributed by atoms with Crippen LogP contribution in [0.5, 0.6) is 0 Å². The number of carbonyl (C=O) groups excluding carboxylic acids is 2. The molecule has 23 heavy (non-hydrogen) atoms. The first-order chi connectivity index (χ1) is 10.4. The predicted molar refractivity (Wildman–Crippen MR) is 86.1 cm³/mol. The Labute approximate surface area is 137 Å². The van der Waals surface area contributed by atoms with Crippen molar-refractivity contribution in [2.24, 2.45) is 11.7 Å². The highest BCUT2D eigenvalue weighted by atomic mass is 32.2.